The van der Waals surface area contributed by atoms with Crippen molar-refractivity contribution in [1.29, 1.82) is 0 Å². The van der Waals surface area contributed by atoms with Crippen molar-refractivity contribution in [2.24, 2.45) is 17.8 Å². The SMILES string of the molecule is COc1ccc(OC)c(C=Cc2ccc(N3C(=O)[C@H]4[C@H](CC=C5[C@H](c6ccc(O)cc6OC)C6=C(C[C@H]54)C(=O)C(C)=CC6=O)C3=O)cc2)c1. The molecule has 3 aromatic rings. The van der Waals surface area contributed by atoms with E-state index in [4.69, 9.17) is 14.2 Å². The van der Waals surface area contributed by atoms with Crippen LogP contribution < -0.4 is 19.1 Å². The van der Waals surface area contributed by atoms with Crippen LogP contribution in [0.4, 0.5) is 5.69 Å². The van der Waals surface area contributed by atoms with Gasteiger partial charge in [-0.3, -0.25) is 24.1 Å². The molecule has 1 aliphatic heterocycles. The number of nitrogens with zero attached hydrogens (tertiary/aromatic N) is 1. The molecule has 3 aromatic carbocycles. The third-order valence-corrected chi connectivity index (χ3v) is 10.1. The van der Waals surface area contributed by atoms with Crippen molar-refractivity contribution in [3.63, 3.8) is 0 Å². The number of anilines is 1. The number of amides is 2. The highest BCUT2D eigenvalue weighted by atomic mass is 16.5. The van der Waals surface area contributed by atoms with Gasteiger partial charge >= 0.3 is 0 Å². The highest BCUT2D eigenvalue weighted by Gasteiger charge is 2.56. The summed E-state index contributed by atoms with van der Waals surface area (Å²) in [6, 6.07) is 17.4. The van der Waals surface area contributed by atoms with Crippen molar-refractivity contribution in [3.8, 4) is 23.0 Å². The topological polar surface area (TPSA) is 119 Å². The zero-order valence-corrected chi connectivity index (χ0v) is 27.6. The maximum Gasteiger partial charge on any atom is 0.238 e. The molecule has 4 aliphatic rings. The summed E-state index contributed by atoms with van der Waals surface area (Å²) in [5.41, 5.74) is 4.66. The minimum atomic E-state index is -0.707. The summed E-state index contributed by atoms with van der Waals surface area (Å²) >= 11 is 0. The Morgan fingerprint density at radius 2 is 1.57 bits per heavy atom. The molecule has 248 valence electrons. The highest BCUT2D eigenvalue weighted by Crippen LogP contribution is 2.56. The minimum Gasteiger partial charge on any atom is -0.508 e. The van der Waals surface area contributed by atoms with Gasteiger partial charge < -0.3 is 19.3 Å². The zero-order valence-electron chi connectivity index (χ0n) is 27.6. The van der Waals surface area contributed by atoms with Crippen LogP contribution in [0.15, 0.2) is 95.1 Å². The molecule has 7 rings (SSSR count). The van der Waals surface area contributed by atoms with Crippen LogP contribution in [-0.4, -0.2) is 49.8 Å². The Morgan fingerprint density at radius 3 is 2.29 bits per heavy atom. The average molecular weight is 658 g/mol. The number of fused-ring (bicyclic) bond motifs is 3. The highest BCUT2D eigenvalue weighted by molar-refractivity contribution is 6.25. The first-order valence-electron chi connectivity index (χ1n) is 16.1. The maximum atomic E-state index is 14.3. The van der Waals surface area contributed by atoms with Gasteiger partial charge in [0.25, 0.3) is 0 Å². The molecule has 2 amide bonds. The summed E-state index contributed by atoms with van der Waals surface area (Å²) in [6.07, 6.45) is 7.64. The van der Waals surface area contributed by atoms with E-state index in [0.717, 1.165) is 16.7 Å². The predicted octanol–water partition coefficient (Wildman–Crippen LogP) is 6.22. The number of carbonyl (C=O) groups excluding carboxylic acids is 4. The van der Waals surface area contributed by atoms with E-state index in [1.807, 2.05) is 48.6 Å². The van der Waals surface area contributed by atoms with Crippen LogP contribution in [0.2, 0.25) is 0 Å². The summed E-state index contributed by atoms with van der Waals surface area (Å²) < 4.78 is 16.4. The van der Waals surface area contributed by atoms with E-state index in [1.54, 1.807) is 39.3 Å². The second-order valence-corrected chi connectivity index (χ2v) is 12.7. The Kier molecular flexibility index (Phi) is 8.06. The summed E-state index contributed by atoms with van der Waals surface area (Å²) in [5, 5.41) is 10.2. The molecule has 4 atom stereocenters. The molecule has 1 fully saturated rings. The lowest BCUT2D eigenvalue weighted by Crippen LogP contribution is -2.39. The lowest BCUT2D eigenvalue weighted by molar-refractivity contribution is -0.123. The first kappa shape index (κ1) is 31.9. The van der Waals surface area contributed by atoms with Crippen molar-refractivity contribution in [2.75, 3.05) is 26.2 Å². The summed E-state index contributed by atoms with van der Waals surface area (Å²) in [6.45, 7) is 1.62. The molecule has 49 heavy (non-hydrogen) atoms. The van der Waals surface area contributed by atoms with Crippen molar-refractivity contribution in [1.82, 2.24) is 0 Å². The number of imide groups is 1. The second kappa shape index (κ2) is 12.4. The van der Waals surface area contributed by atoms with Crippen LogP contribution >= 0.6 is 0 Å². The number of phenolic OH excluding ortho intramolecular Hbond substituents is 1. The van der Waals surface area contributed by atoms with Crippen molar-refractivity contribution >= 4 is 41.2 Å². The van der Waals surface area contributed by atoms with Gasteiger partial charge in [0, 0.05) is 39.8 Å². The number of methoxy groups -OCH3 is 3. The van der Waals surface area contributed by atoms with E-state index >= 15 is 0 Å². The van der Waals surface area contributed by atoms with E-state index in [9.17, 15) is 24.3 Å². The Morgan fingerprint density at radius 1 is 0.816 bits per heavy atom. The standard InChI is InChI=1S/C40H35NO8/c1-21-17-32(43)37-31(38(21)44)20-30-27(35(37)28-13-11-25(42)19-34(28)49-4)14-15-29-36(30)40(46)41(39(29)45)24-9-6-22(7-10-24)5-8-23-18-26(47-2)12-16-33(23)48-3/h5-14,16-19,29-30,35-36,42H,15,20H2,1-4H3/t29-,30+,35+,36-/m0/s1. The van der Waals surface area contributed by atoms with Gasteiger partial charge in [-0.25, -0.2) is 0 Å². The third kappa shape index (κ3) is 5.26. The first-order chi connectivity index (χ1) is 23.6. The molecule has 3 aliphatic carbocycles. The van der Waals surface area contributed by atoms with Crippen LogP contribution in [0.1, 0.15) is 42.4 Å². The minimum absolute atomic E-state index is 0.00428. The molecule has 0 bridgehead atoms. The third-order valence-electron chi connectivity index (χ3n) is 10.1. The zero-order chi connectivity index (χ0) is 34.6. The average Bonchev–Trinajstić information content (AvgIpc) is 3.37. The number of carbonyl (C=O) groups is 4. The lowest BCUT2D eigenvalue weighted by atomic mass is 9.59. The Hall–Kier alpha value is -5.70. The van der Waals surface area contributed by atoms with Gasteiger partial charge in [0.2, 0.25) is 11.8 Å². The number of rotatable bonds is 7. The number of aromatic hydroxyl groups is 1. The molecule has 0 saturated carbocycles. The van der Waals surface area contributed by atoms with E-state index in [-0.39, 0.29) is 35.6 Å². The van der Waals surface area contributed by atoms with Gasteiger partial charge in [-0.15, -0.1) is 0 Å². The summed E-state index contributed by atoms with van der Waals surface area (Å²) in [7, 11) is 4.68. The molecule has 0 spiro atoms. The van der Waals surface area contributed by atoms with Gasteiger partial charge in [-0.1, -0.05) is 42.0 Å². The molecule has 9 nitrogen and oxygen atoms in total. The number of Topliss-reactive ketones (excluding diaryl/α,β-unsaturated/α-hetero) is 1. The number of ketones is 2. The predicted molar refractivity (Wildman–Crippen MR) is 183 cm³/mol. The largest absolute Gasteiger partial charge is 0.508 e. The number of benzene rings is 3. The molecule has 0 unspecified atom stereocenters. The second-order valence-electron chi connectivity index (χ2n) is 12.7. The fourth-order valence-electron chi connectivity index (χ4n) is 7.82. The number of phenols is 1. The molecule has 0 aromatic heterocycles. The fourth-order valence-corrected chi connectivity index (χ4v) is 7.82. The number of ether oxygens (including phenoxy) is 3. The Balaban J connectivity index is 1.22. The summed E-state index contributed by atoms with van der Waals surface area (Å²) in [5.74, 6) is -1.80. The van der Waals surface area contributed by atoms with Crippen LogP contribution in [0.3, 0.4) is 0 Å². The van der Waals surface area contributed by atoms with Crippen LogP contribution in [-0.2, 0) is 19.2 Å². The van der Waals surface area contributed by atoms with E-state index < -0.39 is 23.7 Å². The lowest BCUT2D eigenvalue weighted by Gasteiger charge is -2.42. The van der Waals surface area contributed by atoms with E-state index in [1.165, 1.54) is 30.2 Å². The molecule has 1 saturated heterocycles. The van der Waals surface area contributed by atoms with Crippen molar-refractivity contribution in [2.45, 2.75) is 25.7 Å². The van der Waals surface area contributed by atoms with Crippen molar-refractivity contribution < 1.29 is 38.5 Å². The van der Waals surface area contributed by atoms with Crippen molar-refractivity contribution in [3.05, 3.63) is 112 Å². The quantitative estimate of drug-likeness (QED) is 0.138. The number of hydrogen-bond donors (Lipinski definition) is 1. The van der Waals surface area contributed by atoms with E-state index in [0.29, 0.717) is 51.6 Å². The summed E-state index contributed by atoms with van der Waals surface area (Å²) in [4.78, 5) is 56.7. The molecule has 9 heteroatoms. The molecular weight excluding hydrogens is 622 g/mol. The normalized spacial score (nSPS) is 23.2. The van der Waals surface area contributed by atoms with Gasteiger partial charge in [-0.05, 0) is 73.7 Å². The molecular formula is C40H35NO8. The molecule has 0 radical (unpaired) electrons. The van der Waals surface area contributed by atoms with Crippen LogP contribution in [0.25, 0.3) is 12.2 Å². The fraction of sp³-hybridized carbons (Fsp3) is 0.250. The Labute approximate surface area is 283 Å². The van der Waals surface area contributed by atoms with Gasteiger partial charge in [0.05, 0.1) is 38.9 Å². The Bertz CT molecular complexity index is 2050. The number of hydrogen-bond acceptors (Lipinski definition) is 8. The van der Waals surface area contributed by atoms with Gasteiger partial charge in [0.1, 0.15) is 23.0 Å². The van der Waals surface area contributed by atoms with Crippen LogP contribution in [0, 0.1) is 17.8 Å². The first-order valence-corrected chi connectivity index (χ1v) is 16.1. The van der Waals surface area contributed by atoms with Crippen LogP contribution in [0.5, 0.6) is 23.0 Å². The monoisotopic (exact) mass is 657 g/mol. The molecule has 1 N–H and O–H groups in total. The van der Waals surface area contributed by atoms with Gasteiger partial charge in [0.15, 0.2) is 11.6 Å². The smallest absolute Gasteiger partial charge is 0.238 e. The number of allylic oxidation sites excluding steroid dienone is 6. The molecule has 1 heterocycles. The maximum absolute atomic E-state index is 14.3. The van der Waals surface area contributed by atoms with E-state index in [2.05, 4.69) is 0 Å². The van der Waals surface area contributed by atoms with Gasteiger partial charge in [-0.2, -0.15) is 0 Å².